The lowest BCUT2D eigenvalue weighted by Crippen LogP contribution is -2.50. The van der Waals surface area contributed by atoms with Gasteiger partial charge in [-0.15, -0.1) is 0 Å². The van der Waals surface area contributed by atoms with Crippen molar-refractivity contribution in [2.24, 2.45) is 5.92 Å². The zero-order valence-corrected chi connectivity index (χ0v) is 20.5. The topological polar surface area (TPSA) is 58.6 Å². The number of hydrogen-bond donors (Lipinski definition) is 1. The van der Waals surface area contributed by atoms with Gasteiger partial charge in [0.25, 0.3) is 5.91 Å². The van der Waals surface area contributed by atoms with Gasteiger partial charge in [0.2, 0.25) is 5.91 Å². The van der Waals surface area contributed by atoms with Crippen LogP contribution < -0.4 is 10.1 Å². The first-order chi connectivity index (χ1) is 15.2. The summed E-state index contributed by atoms with van der Waals surface area (Å²) in [6, 6.07) is 14.5. The lowest BCUT2D eigenvalue weighted by Gasteiger charge is -2.30. The van der Waals surface area contributed by atoms with E-state index in [1.165, 1.54) is 5.56 Å². The van der Waals surface area contributed by atoms with E-state index in [0.29, 0.717) is 42.1 Å². The molecule has 0 unspecified atom stereocenters. The van der Waals surface area contributed by atoms with Crippen molar-refractivity contribution in [1.82, 2.24) is 10.2 Å². The van der Waals surface area contributed by atoms with Crippen LogP contribution in [-0.2, 0) is 16.1 Å². The molecule has 0 saturated heterocycles. The predicted octanol–water partition coefficient (Wildman–Crippen LogP) is 5.42. The number of nitrogens with one attached hydrogen (secondary N) is 1. The predicted molar refractivity (Wildman–Crippen MR) is 130 cm³/mol. The van der Waals surface area contributed by atoms with Gasteiger partial charge in [-0.05, 0) is 53.6 Å². The molecule has 32 heavy (non-hydrogen) atoms. The van der Waals surface area contributed by atoms with E-state index in [0.717, 1.165) is 5.56 Å². The van der Waals surface area contributed by atoms with E-state index in [4.69, 9.17) is 16.3 Å². The first-order valence-corrected chi connectivity index (χ1v) is 11.6. The van der Waals surface area contributed by atoms with Crippen molar-refractivity contribution in [3.8, 4) is 5.75 Å². The van der Waals surface area contributed by atoms with Gasteiger partial charge in [0.15, 0.2) is 6.61 Å². The molecular formula is C26H35ClN2O3. The van der Waals surface area contributed by atoms with Crippen molar-refractivity contribution in [3.63, 3.8) is 0 Å². The summed E-state index contributed by atoms with van der Waals surface area (Å²) in [6.45, 7) is 11.0. The highest BCUT2D eigenvalue weighted by Crippen LogP contribution is 2.20. The van der Waals surface area contributed by atoms with Gasteiger partial charge in [0.05, 0.1) is 0 Å². The molecule has 0 radical (unpaired) electrons. The molecule has 0 aromatic heterocycles. The Morgan fingerprint density at radius 1 is 1.00 bits per heavy atom. The third-order valence-corrected chi connectivity index (χ3v) is 5.50. The van der Waals surface area contributed by atoms with Crippen molar-refractivity contribution >= 4 is 23.4 Å². The van der Waals surface area contributed by atoms with Gasteiger partial charge in [-0.3, -0.25) is 9.59 Å². The second kappa shape index (κ2) is 12.5. The number of rotatable bonds is 11. The van der Waals surface area contributed by atoms with E-state index in [1.54, 1.807) is 17.0 Å². The van der Waals surface area contributed by atoms with E-state index in [1.807, 2.05) is 57.2 Å². The third kappa shape index (κ3) is 7.86. The van der Waals surface area contributed by atoms with Gasteiger partial charge >= 0.3 is 0 Å². The van der Waals surface area contributed by atoms with Crippen LogP contribution in [0.25, 0.3) is 0 Å². The highest BCUT2D eigenvalue weighted by atomic mass is 35.5. The molecule has 2 rings (SSSR count). The highest BCUT2D eigenvalue weighted by Gasteiger charge is 2.29. The molecule has 2 aromatic carbocycles. The Balaban J connectivity index is 2.16. The minimum Gasteiger partial charge on any atom is -0.484 e. The Morgan fingerprint density at radius 3 is 2.16 bits per heavy atom. The van der Waals surface area contributed by atoms with Gasteiger partial charge in [-0.25, -0.2) is 0 Å². The molecular weight excluding hydrogens is 424 g/mol. The molecule has 2 amide bonds. The van der Waals surface area contributed by atoms with E-state index in [9.17, 15) is 9.59 Å². The standard InChI is InChI=1S/C26H35ClN2O3/c1-6-24(26(31)28-15-18(2)3)29(16-20-7-11-22(27)12-8-20)25(30)17-32-23-13-9-21(10-14-23)19(4)5/h7-14,18-19,24H,6,15-17H2,1-5H3,(H,28,31)/t24-/m0/s1. The Hall–Kier alpha value is -2.53. The van der Waals surface area contributed by atoms with Crippen LogP contribution in [0.15, 0.2) is 48.5 Å². The molecule has 0 aliphatic heterocycles. The normalized spacial score (nSPS) is 12.0. The second-order valence-electron chi connectivity index (χ2n) is 8.72. The first-order valence-electron chi connectivity index (χ1n) is 11.3. The number of benzene rings is 2. The Bertz CT molecular complexity index is 864. The van der Waals surface area contributed by atoms with Gasteiger partial charge in [-0.2, -0.15) is 0 Å². The molecule has 1 N–H and O–H groups in total. The molecule has 2 aromatic rings. The molecule has 0 fully saturated rings. The van der Waals surface area contributed by atoms with Crippen molar-refractivity contribution in [2.45, 2.75) is 59.5 Å². The summed E-state index contributed by atoms with van der Waals surface area (Å²) in [4.78, 5) is 27.7. The number of nitrogens with zero attached hydrogens (tertiary/aromatic N) is 1. The van der Waals surface area contributed by atoms with Crippen molar-refractivity contribution < 1.29 is 14.3 Å². The van der Waals surface area contributed by atoms with Crippen LogP contribution in [0.1, 0.15) is 58.1 Å². The van der Waals surface area contributed by atoms with Crippen LogP contribution in [0, 0.1) is 5.92 Å². The van der Waals surface area contributed by atoms with E-state index >= 15 is 0 Å². The smallest absolute Gasteiger partial charge is 0.261 e. The summed E-state index contributed by atoms with van der Waals surface area (Å²) in [5, 5.41) is 3.59. The lowest BCUT2D eigenvalue weighted by molar-refractivity contribution is -0.143. The lowest BCUT2D eigenvalue weighted by atomic mass is 10.0. The maximum atomic E-state index is 13.2. The minimum absolute atomic E-state index is 0.136. The van der Waals surface area contributed by atoms with Crippen LogP contribution in [0.2, 0.25) is 5.02 Å². The summed E-state index contributed by atoms with van der Waals surface area (Å²) in [6.07, 6.45) is 0.506. The molecule has 1 atom stereocenters. The van der Waals surface area contributed by atoms with Crippen LogP contribution in [0.5, 0.6) is 5.75 Å². The molecule has 0 heterocycles. The fourth-order valence-electron chi connectivity index (χ4n) is 3.31. The summed E-state index contributed by atoms with van der Waals surface area (Å²) < 4.78 is 5.77. The fourth-order valence-corrected chi connectivity index (χ4v) is 3.43. The monoisotopic (exact) mass is 458 g/mol. The summed E-state index contributed by atoms with van der Waals surface area (Å²) >= 11 is 6.01. The average Bonchev–Trinajstić information content (AvgIpc) is 2.77. The third-order valence-electron chi connectivity index (χ3n) is 5.25. The molecule has 174 valence electrons. The molecule has 0 spiro atoms. The Morgan fingerprint density at radius 2 is 1.62 bits per heavy atom. The number of hydrogen-bond acceptors (Lipinski definition) is 3. The Kier molecular flexibility index (Phi) is 10.0. The van der Waals surface area contributed by atoms with Crippen molar-refractivity contribution in [1.29, 1.82) is 0 Å². The maximum absolute atomic E-state index is 13.2. The average molecular weight is 459 g/mol. The van der Waals surface area contributed by atoms with Crippen LogP contribution in [0.3, 0.4) is 0 Å². The van der Waals surface area contributed by atoms with E-state index in [-0.39, 0.29) is 18.4 Å². The molecule has 5 nitrogen and oxygen atoms in total. The zero-order chi connectivity index (χ0) is 23.7. The van der Waals surface area contributed by atoms with Gasteiger partial charge in [-0.1, -0.05) is 70.5 Å². The number of carbonyl (C=O) groups is 2. The second-order valence-corrected chi connectivity index (χ2v) is 9.16. The molecule has 6 heteroatoms. The van der Waals surface area contributed by atoms with Crippen LogP contribution >= 0.6 is 11.6 Å². The molecule has 0 aliphatic rings. The summed E-state index contributed by atoms with van der Waals surface area (Å²) in [5.74, 6) is 1.000. The van der Waals surface area contributed by atoms with Gasteiger partial charge in [0.1, 0.15) is 11.8 Å². The summed E-state index contributed by atoms with van der Waals surface area (Å²) in [7, 11) is 0. The molecule has 0 bridgehead atoms. The molecule has 0 saturated carbocycles. The maximum Gasteiger partial charge on any atom is 0.261 e. The van der Waals surface area contributed by atoms with E-state index < -0.39 is 6.04 Å². The first kappa shape index (κ1) is 25.7. The van der Waals surface area contributed by atoms with Gasteiger partial charge in [0, 0.05) is 18.1 Å². The quantitative estimate of drug-likeness (QED) is 0.489. The molecule has 0 aliphatic carbocycles. The fraction of sp³-hybridized carbons (Fsp3) is 0.462. The number of carbonyl (C=O) groups excluding carboxylic acids is 2. The SMILES string of the molecule is CC[C@@H](C(=O)NCC(C)C)N(Cc1ccc(Cl)cc1)C(=O)COc1ccc(C(C)C)cc1. The van der Waals surface area contributed by atoms with Gasteiger partial charge < -0.3 is 15.0 Å². The summed E-state index contributed by atoms with van der Waals surface area (Å²) in [5.41, 5.74) is 2.11. The highest BCUT2D eigenvalue weighted by molar-refractivity contribution is 6.30. The number of amides is 2. The van der Waals surface area contributed by atoms with E-state index in [2.05, 4.69) is 19.2 Å². The van der Waals surface area contributed by atoms with Crippen LogP contribution in [0.4, 0.5) is 0 Å². The van der Waals surface area contributed by atoms with Crippen LogP contribution in [-0.4, -0.2) is 35.9 Å². The largest absolute Gasteiger partial charge is 0.484 e. The number of ether oxygens (including phenoxy) is 1. The number of halogens is 1. The Labute approximate surface area is 197 Å². The zero-order valence-electron chi connectivity index (χ0n) is 19.7. The minimum atomic E-state index is -0.580. The van der Waals surface area contributed by atoms with Crippen molar-refractivity contribution in [2.75, 3.05) is 13.2 Å². The van der Waals surface area contributed by atoms with Crippen molar-refractivity contribution in [3.05, 3.63) is 64.7 Å².